The Labute approximate surface area is 137 Å². The van der Waals surface area contributed by atoms with Gasteiger partial charge in [-0.25, -0.2) is 4.98 Å². The summed E-state index contributed by atoms with van der Waals surface area (Å²) in [5, 5.41) is 14.1. The van der Waals surface area contributed by atoms with Crippen LogP contribution in [0.3, 0.4) is 0 Å². The summed E-state index contributed by atoms with van der Waals surface area (Å²) in [4.78, 5) is 29.6. The van der Waals surface area contributed by atoms with Crippen molar-refractivity contribution in [2.45, 2.75) is 0 Å². The maximum Gasteiger partial charge on any atom is 0.311 e. The van der Waals surface area contributed by atoms with E-state index < -0.39 is 4.92 Å². The van der Waals surface area contributed by atoms with Gasteiger partial charge in [0.1, 0.15) is 5.69 Å². The number of aldehydes is 1. The third-order valence-electron chi connectivity index (χ3n) is 3.31. The fraction of sp³-hybridized carbons (Fsp3) is 0. The van der Waals surface area contributed by atoms with E-state index in [0.29, 0.717) is 17.7 Å². The highest BCUT2D eigenvalue weighted by atomic mass is 16.6. The summed E-state index contributed by atoms with van der Waals surface area (Å²) in [6.45, 7) is 0. The maximum absolute atomic E-state index is 11.2. The number of nitro groups is 1. The van der Waals surface area contributed by atoms with Crippen LogP contribution in [-0.4, -0.2) is 21.2 Å². The smallest absolute Gasteiger partial charge is 0.311 e. The molecule has 1 aromatic carbocycles. The van der Waals surface area contributed by atoms with Crippen LogP contribution in [0, 0.1) is 10.1 Å². The highest BCUT2D eigenvalue weighted by Gasteiger charge is 2.17. The van der Waals surface area contributed by atoms with Crippen molar-refractivity contribution in [3.8, 4) is 11.3 Å². The van der Waals surface area contributed by atoms with E-state index in [1.165, 1.54) is 18.3 Å². The molecule has 0 radical (unpaired) electrons. The molecule has 0 aliphatic carbocycles. The number of benzene rings is 1. The molecule has 7 nitrogen and oxygen atoms in total. The molecule has 0 aliphatic heterocycles. The third-order valence-corrected chi connectivity index (χ3v) is 3.31. The first kappa shape index (κ1) is 15.3. The van der Waals surface area contributed by atoms with Gasteiger partial charge < -0.3 is 5.32 Å². The lowest BCUT2D eigenvalue weighted by Gasteiger charge is -2.08. The zero-order valence-electron chi connectivity index (χ0n) is 12.4. The first-order chi connectivity index (χ1) is 11.7. The van der Waals surface area contributed by atoms with E-state index in [1.807, 2.05) is 30.3 Å². The fourth-order valence-electron chi connectivity index (χ4n) is 2.15. The number of nitrogens with zero attached hydrogens (tertiary/aromatic N) is 3. The summed E-state index contributed by atoms with van der Waals surface area (Å²) in [5.41, 5.74) is 2.10. The van der Waals surface area contributed by atoms with Crippen LogP contribution in [0.25, 0.3) is 11.3 Å². The van der Waals surface area contributed by atoms with Gasteiger partial charge in [0, 0.05) is 11.6 Å². The van der Waals surface area contributed by atoms with Crippen molar-refractivity contribution in [2.75, 3.05) is 5.32 Å². The molecule has 1 N–H and O–H groups in total. The maximum atomic E-state index is 11.2. The van der Waals surface area contributed by atoms with Crippen molar-refractivity contribution in [1.29, 1.82) is 0 Å². The normalized spacial score (nSPS) is 10.2. The van der Waals surface area contributed by atoms with Gasteiger partial charge in [0.15, 0.2) is 6.29 Å². The van der Waals surface area contributed by atoms with E-state index >= 15 is 0 Å². The molecule has 0 amide bonds. The van der Waals surface area contributed by atoms with Crippen molar-refractivity contribution in [2.24, 2.45) is 0 Å². The number of nitrogens with one attached hydrogen (secondary N) is 1. The summed E-state index contributed by atoms with van der Waals surface area (Å²) >= 11 is 0. The molecule has 2 heterocycles. The lowest BCUT2D eigenvalue weighted by atomic mass is 10.1. The molecule has 0 atom stereocenters. The van der Waals surface area contributed by atoms with Crippen LogP contribution in [0.2, 0.25) is 0 Å². The fourth-order valence-corrected chi connectivity index (χ4v) is 2.15. The van der Waals surface area contributed by atoms with Crippen LogP contribution in [0.15, 0.2) is 60.8 Å². The van der Waals surface area contributed by atoms with Gasteiger partial charge in [-0.05, 0) is 18.2 Å². The minimum Gasteiger partial charge on any atom is -0.333 e. The molecule has 3 rings (SSSR count). The second-order valence-corrected chi connectivity index (χ2v) is 4.90. The number of carbonyl (C=O) groups is 1. The average Bonchev–Trinajstić information content (AvgIpc) is 2.63. The van der Waals surface area contributed by atoms with Crippen molar-refractivity contribution >= 4 is 23.5 Å². The lowest BCUT2D eigenvalue weighted by Crippen LogP contribution is -2.01. The zero-order chi connectivity index (χ0) is 16.9. The van der Waals surface area contributed by atoms with E-state index in [-0.39, 0.29) is 17.2 Å². The first-order valence-corrected chi connectivity index (χ1v) is 7.06. The van der Waals surface area contributed by atoms with Gasteiger partial charge in [-0.2, -0.15) is 0 Å². The number of aromatic nitrogens is 2. The molecule has 0 aliphatic rings. The number of pyridine rings is 2. The highest BCUT2D eigenvalue weighted by molar-refractivity contribution is 5.74. The van der Waals surface area contributed by atoms with Gasteiger partial charge >= 0.3 is 5.69 Å². The Hall–Kier alpha value is -3.61. The van der Waals surface area contributed by atoms with Gasteiger partial charge in [-0.15, -0.1) is 0 Å². The van der Waals surface area contributed by atoms with Crippen molar-refractivity contribution in [3.05, 3.63) is 76.6 Å². The van der Waals surface area contributed by atoms with Gasteiger partial charge in [0.05, 0.1) is 22.5 Å². The Kier molecular flexibility index (Phi) is 4.24. The second kappa shape index (κ2) is 6.66. The molecule has 0 saturated heterocycles. The van der Waals surface area contributed by atoms with E-state index in [4.69, 9.17) is 0 Å². The second-order valence-electron chi connectivity index (χ2n) is 4.90. The molecular formula is C17H12N4O3. The van der Waals surface area contributed by atoms with Crippen LogP contribution in [0.5, 0.6) is 0 Å². The number of anilines is 2. The molecule has 0 bridgehead atoms. The van der Waals surface area contributed by atoms with Gasteiger partial charge in [0.25, 0.3) is 0 Å². The molecule has 7 heteroatoms. The minimum atomic E-state index is -0.503. The third kappa shape index (κ3) is 3.25. The molecule has 2 aromatic heterocycles. The van der Waals surface area contributed by atoms with Crippen LogP contribution in [0.1, 0.15) is 10.5 Å². The van der Waals surface area contributed by atoms with Gasteiger partial charge in [0.2, 0.25) is 5.82 Å². The molecule has 118 valence electrons. The first-order valence-electron chi connectivity index (χ1n) is 7.06. The van der Waals surface area contributed by atoms with Crippen molar-refractivity contribution in [3.63, 3.8) is 0 Å². The van der Waals surface area contributed by atoms with Gasteiger partial charge in [-0.3, -0.25) is 19.9 Å². The standard InChI is InChI=1S/C17H12N4O3/c22-11-14-7-6-13(10-18-14)19-17-16(21(23)24)9-8-15(20-17)12-4-2-1-3-5-12/h1-11H,(H,19,20). The summed E-state index contributed by atoms with van der Waals surface area (Å²) in [6, 6.07) is 15.5. The van der Waals surface area contributed by atoms with Crippen molar-refractivity contribution < 1.29 is 9.72 Å². The van der Waals surface area contributed by atoms with Crippen LogP contribution in [-0.2, 0) is 0 Å². The molecule has 0 spiro atoms. The van der Waals surface area contributed by atoms with Crippen LogP contribution >= 0.6 is 0 Å². The van der Waals surface area contributed by atoms with E-state index in [0.717, 1.165) is 5.56 Å². The topological polar surface area (TPSA) is 98.0 Å². The van der Waals surface area contributed by atoms with Crippen LogP contribution in [0.4, 0.5) is 17.2 Å². The van der Waals surface area contributed by atoms with E-state index in [9.17, 15) is 14.9 Å². The quantitative estimate of drug-likeness (QED) is 0.438. The predicted molar refractivity (Wildman–Crippen MR) is 89.2 cm³/mol. The summed E-state index contributed by atoms with van der Waals surface area (Å²) < 4.78 is 0. The highest BCUT2D eigenvalue weighted by Crippen LogP contribution is 2.29. The molecule has 0 unspecified atom stereocenters. The average molecular weight is 320 g/mol. The predicted octanol–water partition coefficient (Wildman–Crippen LogP) is 3.61. The Morgan fingerprint density at radius 2 is 1.83 bits per heavy atom. The molecule has 0 fully saturated rings. The molecule has 24 heavy (non-hydrogen) atoms. The zero-order valence-corrected chi connectivity index (χ0v) is 12.4. The van der Waals surface area contributed by atoms with Gasteiger partial charge in [-0.1, -0.05) is 30.3 Å². The Balaban J connectivity index is 1.99. The summed E-state index contributed by atoms with van der Waals surface area (Å²) in [6.07, 6.45) is 2.05. The Morgan fingerprint density at radius 1 is 1.04 bits per heavy atom. The molecular weight excluding hydrogens is 308 g/mol. The molecule has 0 saturated carbocycles. The minimum absolute atomic E-state index is 0.113. The Bertz CT molecular complexity index is 880. The lowest BCUT2D eigenvalue weighted by molar-refractivity contribution is -0.384. The summed E-state index contributed by atoms with van der Waals surface area (Å²) in [7, 11) is 0. The number of hydrogen-bond acceptors (Lipinski definition) is 6. The number of hydrogen-bond donors (Lipinski definition) is 1. The van der Waals surface area contributed by atoms with E-state index in [2.05, 4.69) is 15.3 Å². The largest absolute Gasteiger partial charge is 0.333 e. The molecule has 3 aromatic rings. The SMILES string of the molecule is O=Cc1ccc(Nc2nc(-c3ccccc3)ccc2[N+](=O)[O-])cn1. The van der Waals surface area contributed by atoms with E-state index in [1.54, 1.807) is 12.1 Å². The number of carbonyl (C=O) groups excluding carboxylic acids is 1. The van der Waals surface area contributed by atoms with Crippen LogP contribution < -0.4 is 5.32 Å². The van der Waals surface area contributed by atoms with Crippen molar-refractivity contribution in [1.82, 2.24) is 9.97 Å². The summed E-state index contributed by atoms with van der Waals surface area (Å²) in [5.74, 6) is 0.113. The Morgan fingerprint density at radius 3 is 2.46 bits per heavy atom. The number of rotatable bonds is 5. The monoisotopic (exact) mass is 320 g/mol.